The summed E-state index contributed by atoms with van der Waals surface area (Å²) in [5.74, 6) is -0.977. The van der Waals surface area contributed by atoms with Crippen LogP contribution in [0.25, 0.3) is 0 Å². The molecule has 0 radical (unpaired) electrons. The Morgan fingerprint density at radius 2 is 2.06 bits per heavy atom. The topological polar surface area (TPSA) is 72.2 Å². The summed E-state index contributed by atoms with van der Waals surface area (Å²) in [4.78, 5) is 20.1. The van der Waals surface area contributed by atoms with Gasteiger partial charge >= 0.3 is 6.18 Å². The van der Waals surface area contributed by atoms with E-state index in [2.05, 4.69) is 0 Å². The van der Waals surface area contributed by atoms with E-state index >= 15 is 0 Å². The first-order valence-corrected chi connectivity index (χ1v) is 4.38. The molecule has 0 spiro atoms. The summed E-state index contributed by atoms with van der Waals surface area (Å²) in [6.07, 6.45) is -4.52. The molecule has 0 aliphatic rings. The Balaban J connectivity index is 2.79. The molecule has 1 aromatic carbocycles. The first kappa shape index (κ1) is 12.9. The van der Waals surface area contributed by atoms with E-state index in [1.54, 1.807) is 0 Å². The van der Waals surface area contributed by atoms with E-state index in [4.69, 9.17) is 0 Å². The van der Waals surface area contributed by atoms with Gasteiger partial charge in [-0.15, -0.1) is 0 Å². The third kappa shape index (κ3) is 4.09. The first-order valence-electron chi connectivity index (χ1n) is 4.38. The number of hydrogen-bond acceptors (Lipinski definition) is 3. The van der Waals surface area contributed by atoms with Crippen molar-refractivity contribution in [1.82, 2.24) is 0 Å². The van der Waals surface area contributed by atoms with Gasteiger partial charge in [-0.05, 0) is 18.2 Å². The van der Waals surface area contributed by atoms with Crippen LogP contribution < -0.4 is 5.32 Å². The van der Waals surface area contributed by atoms with Crippen molar-refractivity contribution in [3.8, 4) is 0 Å². The zero-order valence-electron chi connectivity index (χ0n) is 8.32. The molecule has 0 aliphatic heterocycles. The number of nitrogens with zero attached hydrogens (tertiary/aromatic N) is 1. The molecule has 0 bridgehead atoms. The van der Waals surface area contributed by atoms with Crippen LogP contribution in [0.2, 0.25) is 0 Å². The number of halogens is 3. The number of nitrogens with one attached hydrogen (secondary N) is 1. The molecule has 17 heavy (non-hydrogen) atoms. The van der Waals surface area contributed by atoms with Gasteiger partial charge in [0, 0.05) is 10.6 Å². The molecule has 0 unspecified atom stereocenters. The number of hydrogen-bond donors (Lipinski definition) is 1. The van der Waals surface area contributed by atoms with Crippen LogP contribution in [0.3, 0.4) is 0 Å². The smallest absolute Gasteiger partial charge is 0.320 e. The number of nitro groups is 1. The summed E-state index contributed by atoms with van der Waals surface area (Å²) in [7, 11) is 0. The van der Waals surface area contributed by atoms with Gasteiger partial charge in [-0.2, -0.15) is 13.2 Å². The molecule has 5 nitrogen and oxygen atoms in total. The van der Waals surface area contributed by atoms with Crippen LogP contribution in [0.4, 0.5) is 18.9 Å². The quantitative estimate of drug-likeness (QED) is 0.656. The normalized spacial score (nSPS) is 11.0. The lowest BCUT2D eigenvalue weighted by Gasteiger charge is -2.08. The minimum atomic E-state index is -4.52. The van der Waals surface area contributed by atoms with E-state index in [9.17, 15) is 28.1 Å². The molecule has 1 rings (SSSR count). The SMILES string of the molecule is O=C(C[N+](=O)[O-])Nc1cccc(C(F)(F)F)c1. The second-order valence-electron chi connectivity index (χ2n) is 3.12. The highest BCUT2D eigenvalue weighted by molar-refractivity contribution is 5.91. The van der Waals surface area contributed by atoms with Gasteiger partial charge in [0.2, 0.25) is 0 Å². The summed E-state index contributed by atoms with van der Waals surface area (Å²) < 4.78 is 36.9. The number of amides is 1. The van der Waals surface area contributed by atoms with Crippen LogP contribution in [0.1, 0.15) is 5.56 Å². The number of anilines is 1. The molecular formula is C9H7F3N2O3. The lowest BCUT2D eigenvalue weighted by atomic mass is 10.2. The van der Waals surface area contributed by atoms with Crippen molar-refractivity contribution >= 4 is 11.6 Å². The standard InChI is InChI=1S/C9H7F3N2O3/c10-9(11,12)6-2-1-3-7(4-6)13-8(15)5-14(16)17/h1-4H,5H2,(H,13,15). The van der Waals surface area contributed by atoms with E-state index in [0.717, 1.165) is 12.1 Å². The van der Waals surface area contributed by atoms with Gasteiger partial charge in [0.15, 0.2) is 0 Å². The van der Waals surface area contributed by atoms with Crippen LogP contribution in [0, 0.1) is 10.1 Å². The van der Waals surface area contributed by atoms with Crippen molar-refractivity contribution in [2.45, 2.75) is 6.18 Å². The Morgan fingerprint density at radius 3 is 2.59 bits per heavy atom. The summed E-state index contributed by atoms with van der Waals surface area (Å²) in [5.41, 5.74) is -1.07. The molecule has 1 amide bonds. The average Bonchev–Trinajstić information content (AvgIpc) is 2.15. The maximum Gasteiger partial charge on any atom is 0.416 e. The minimum Gasteiger partial charge on any atom is -0.320 e. The number of carbonyl (C=O) groups is 1. The van der Waals surface area contributed by atoms with Crippen molar-refractivity contribution < 1.29 is 22.9 Å². The molecule has 1 aromatic rings. The van der Waals surface area contributed by atoms with Crippen LogP contribution in [0.15, 0.2) is 24.3 Å². The van der Waals surface area contributed by atoms with Gasteiger partial charge in [0.05, 0.1) is 5.56 Å². The van der Waals surface area contributed by atoms with E-state index in [-0.39, 0.29) is 5.69 Å². The average molecular weight is 248 g/mol. The van der Waals surface area contributed by atoms with Crippen molar-refractivity contribution in [3.05, 3.63) is 39.9 Å². The van der Waals surface area contributed by atoms with E-state index in [1.807, 2.05) is 5.32 Å². The third-order valence-corrected chi connectivity index (χ3v) is 1.75. The van der Waals surface area contributed by atoms with Crippen LogP contribution in [-0.4, -0.2) is 17.4 Å². The Morgan fingerprint density at radius 1 is 1.41 bits per heavy atom. The molecule has 0 atom stereocenters. The van der Waals surface area contributed by atoms with Crippen molar-refractivity contribution in [1.29, 1.82) is 0 Å². The van der Waals surface area contributed by atoms with Crippen molar-refractivity contribution in [2.24, 2.45) is 0 Å². The lowest BCUT2D eigenvalue weighted by Crippen LogP contribution is -2.21. The highest BCUT2D eigenvalue weighted by Crippen LogP contribution is 2.30. The fourth-order valence-electron chi connectivity index (χ4n) is 1.09. The predicted octanol–water partition coefficient (Wildman–Crippen LogP) is 1.92. The molecular weight excluding hydrogens is 241 g/mol. The molecule has 8 heteroatoms. The number of benzene rings is 1. The summed E-state index contributed by atoms with van der Waals surface area (Å²) >= 11 is 0. The van der Waals surface area contributed by atoms with E-state index in [0.29, 0.717) is 6.07 Å². The Bertz CT molecular complexity index is 445. The maximum absolute atomic E-state index is 12.3. The van der Waals surface area contributed by atoms with Gasteiger partial charge < -0.3 is 5.32 Å². The fraction of sp³-hybridized carbons (Fsp3) is 0.222. The van der Waals surface area contributed by atoms with E-state index in [1.165, 1.54) is 6.07 Å². The van der Waals surface area contributed by atoms with Gasteiger partial charge in [-0.25, -0.2) is 0 Å². The predicted molar refractivity (Wildman–Crippen MR) is 51.9 cm³/mol. The fourth-order valence-corrected chi connectivity index (χ4v) is 1.09. The van der Waals surface area contributed by atoms with Crippen molar-refractivity contribution in [3.63, 3.8) is 0 Å². The van der Waals surface area contributed by atoms with Crippen LogP contribution >= 0.6 is 0 Å². The molecule has 0 aliphatic carbocycles. The summed E-state index contributed by atoms with van der Waals surface area (Å²) in [5, 5.41) is 12.0. The van der Waals surface area contributed by atoms with Gasteiger partial charge in [0.1, 0.15) is 0 Å². The largest absolute Gasteiger partial charge is 0.416 e. The highest BCUT2D eigenvalue weighted by Gasteiger charge is 2.30. The molecule has 92 valence electrons. The molecule has 0 fully saturated rings. The zero-order chi connectivity index (χ0) is 13.1. The lowest BCUT2D eigenvalue weighted by molar-refractivity contribution is -0.467. The molecule has 0 saturated heterocycles. The van der Waals surface area contributed by atoms with Gasteiger partial charge in [0.25, 0.3) is 12.5 Å². The maximum atomic E-state index is 12.3. The summed E-state index contributed by atoms with van der Waals surface area (Å²) in [6, 6.07) is 3.86. The monoisotopic (exact) mass is 248 g/mol. The molecule has 1 N–H and O–H groups in total. The zero-order valence-corrected chi connectivity index (χ0v) is 8.32. The molecule has 0 heterocycles. The van der Waals surface area contributed by atoms with Crippen molar-refractivity contribution in [2.75, 3.05) is 11.9 Å². The number of rotatable bonds is 3. The van der Waals surface area contributed by atoms with Crippen LogP contribution in [0.5, 0.6) is 0 Å². The van der Waals surface area contributed by atoms with Gasteiger partial charge in [-0.1, -0.05) is 6.07 Å². The Kier molecular flexibility index (Phi) is 3.66. The van der Waals surface area contributed by atoms with E-state index < -0.39 is 29.1 Å². The second-order valence-corrected chi connectivity index (χ2v) is 3.12. The first-order chi connectivity index (χ1) is 7.79. The second kappa shape index (κ2) is 4.81. The Hall–Kier alpha value is -2.12. The number of carbonyl (C=O) groups excluding carboxylic acids is 1. The Labute approximate surface area is 93.4 Å². The van der Waals surface area contributed by atoms with Gasteiger partial charge in [-0.3, -0.25) is 14.9 Å². The minimum absolute atomic E-state index is 0.133. The number of alkyl halides is 3. The summed E-state index contributed by atoms with van der Waals surface area (Å²) in [6.45, 7) is -0.990. The molecule has 0 aromatic heterocycles. The molecule has 0 saturated carbocycles. The van der Waals surface area contributed by atoms with Crippen LogP contribution in [-0.2, 0) is 11.0 Å². The highest BCUT2D eigenvalue weighted by atomic mass is 19.4. The third-order valence-electron chi connectivity index (χ3n) is 1.75.